The maximum absolute atomic E-state index is 12.7. The molecule has 0 saturated heterocycles. The summed E-state index contributed by atoms with van der Waals surface area (Å²) in [7, 11) is 1.27. The number of carbonyl (C=O) groups excluding carboxylic acids is 3. The molecule has 2 amide bonds. The lowest BCUT2D eigenvalue weighted by molar-refractivity contribution is -0.136. The summed E-state index contributed by atoms with van der Waals surface area (Å²) in [6.45, 7) is 5.40. The largest absolute Gasteiger partial charge is 0.484 e. The van der Waals surface area contributed by atoms with E-state index in [0.717, 1.165) is 0 Å². The molecule has 1 heterocycles. The molecule has 1 aromatic rings. The number of amides is 2. The summed E-state index contributed by atoms with van der Waals surface area (Å²) >= 11 is 0. The minimum Gasteiger partial charge on any atom is -0.484 e. The predicted molar refractivity (Wildman–Crippen MR) is 95.7 cm³/mol. The Morgan fingerprint density at radius 2 is 1.92 bits per heavy atom. The van der Waals surface area contributed by atoms with Crippen molar-refractivity contribution in [3.05, 3.63) is 59.3 Å². The van der Waals surface area contributed by atoms with Crippen LogP contribution in [0.1, 0.15) is 12.5 Å². The molecule has 0 spiro atoms. The minimum absolute atomic E-state index is 0.218. The van der Waals surface area contributed by atoms with Gasteiger partial charge in [-0.2, -0.15) is 0 Å². The fraction of sp³-hybridized carbons (Fsp3) is 0.211. The number of benzene rings is 1. The van der Waals surface area contributed by atoms with E-state index in [1.807, 2.05) is 0 Å². The van der Waals surface area contributed by atoms with Gasteiger partial charge in [0.2, 0.25) is 0 Å². The Hall–Kier alpha value is -3.35. The third kappa shape index (κ3) is 4.00. The maximum atomic E-state index is 12.7. The first-order chi connectivity index (χ1) is 12.4. The highest BCUT2D eigenvalue weighted by Gasteiger charge is 2.36. The summed E-state index contributed by atoms with van der Waals surface area (Å²) in [5.41, 5.74) is 6.72. The van der Waals surface area contributed by atoms with Crippen LogP contribution in [-0.2, 0) is 19.1 Å². The molecule has 7 nitrogen and oxygen atoms in total. The first-order valence-corrected chi connectivity index (χ1v) is 7.84. The van der Waals surface area contributed by atoms with Gasteiger partial charge in [0, 0.05) is 12.2 Å². The number of primary amides is 1. The standard InChI is InChI=1S/C19H20N2O5/c1-4-9-21-12(2)17(19(24)25-3)15(18(21)23)10-13-5-7-14(8-6-13)26-11-16(20)22/h4-8,10H,1,9,11H2,2-3H3,(H2,20,22)/b15-10-. The first-order valence-electron chi connectivity index (χ1n) is 7.84. The number of ether oxygens (including phenoxy) is 2. The van der Waals surface area contributed by atoms with Gasteiger partial charge in [0.15, 0.2) is 6.61 Å². The summed E-state index contributed by atoms with van der Waals surface area (Å²) in [5.74, 6) is -0.970. The average Bonchev–Trinajstić information content (AvgIpc) is 2.85. The Labute approximate surface area is 151 Å². The van der Waals surface area contributed by atoms with Crippen molar-refractivity contribution in [3.63, 3.8) is 0 Å². The quantitative estimate of drug-likeness (QED) is 0.452. The zero-order chi connectivity index (χ0) is 19.3. The van der Waals surface area contributed by atoms with E-state index >= 15 is 0 Å². The number of hydrogen-bond acceptors (Lipinski definition) is 5. The molecule has 0 bridgehead atoms. The molecule has 0 fully saturated rings. The third-order valence-electron chi connectivity index (χ3n) is 3.78. The van der Waals surface area contributed by atoms with E-state index < -0.39 is 11.9 Å². The molecule has 0 aliphatic carbocycles. The maximum Gasteiger partial charge on any atom is 0.340 e. The van der Waals surface area contributed by atoms with Crippen LogP contribution in [0.4, 0.5) is 0 Å². The number of nitrogens with two attached hydrogens (primary N) is 1. The van der Waals surface area contributed by atoms with Gasteiger partial charge in [-0.3, -0.25) is 9.59 Å². The number of esters is 1. The van der Waals surface area contributed by atoms with Crippen molar-refractivity contribution in [2.45, 2.75) is 6.92 Å². The molecule has 0 aromatic heterocycles. The summed E-state index contributed by atoms with van der Waals surface area (Å²) in [6, 6.07) is 6.70. The number of carbonyl (C=O) groups is 3. The molecule has 0 radical (unpaired) electrons. The van der Waals surface area contributed by atoms with E-state index in [9.17, 15) is 14.4 Å². The molecule has 0 saturated carbocycles. The van der Waals surface area contributed by atoms with Crippen molar-refractivity contribution in [1.29, 1.82) is 0 Å². The summed E-state index contributed by atoms with van der Waals surface area (Å²) in [6.07, 6.45) is 3.20. The summed E-state index contributed by atoms with van der Waals surface area (Å²) in [5, 5.41) is 0. The van der Waals surface area contributed by atoms with Crippen LogP contribution in [0.2, 0.25) is 0 Å². The highest BCUT2D eigenvalue weighted by atomic mass is 16.5. The smallest absolute Gasteiger partial charge is 0.340 e. The normalized spacial score (nSPS) is 15.4. The van der Waals surface area contributed by atoms with E-state index in [1.165, 1.54) is 12.0 Å². The van der Waals surface area contributed by atoms with Crippen LogP contribution in [0.25, 0.3) is 6.08 Å². The van der Waals surface area contributed by atoms with Crippen LogP contribution in [-0.4, -0.2) is 42.9 Å². The van der Waals surface area contributed by atoms with Crippen molar-refractivity contribution in [2.24, 2.45) is 5.73 Å². The van der Waals surface area contributed by atoms with Crippen molar-refractivity contribution >= 4 is 23.9 Å². The highest BCUT2D eigenvalue weighted by Crippen LogP contribution is 2.31. The Morgan fingerprint density at radius 3 is 2.46 bits per heavy atom. The Bertz CT molecular complexity index is 806. The molecular formula is C19H20N2O5. The third-order valence-corrected chi connectivity index (χ3v) is 3.78. The number of allylic oxidation sites excluding steroid dienone is 1. The lowest BCUT2D eigenvalue weighted by Gasteiger charge is -2.14. The van der Waals surface area contributed by atoms with Gasteiger partial charge in [-0.15, -0.1) is 6.58 Å². The zero-order valence-electron chi connectivity index (χ0n) is 14.7. The molecule has 136 valence electrons. The lowest BCUT2D eigenvalue weighted by Crippen LogP contribution is -2.24. The van der Waals surface area contributed by atoms with Gasteiger partial charge < -0.3 is 20.1 Å². The van der Waals surface area contributed by atoms with Gasteiger partial charge in [-0.25, -0.2) is 4.79 Å². The second kappa shape index (κ2) is 8.15. The number of nitrogens with zero attached hydrogens (tertiary/aromatic N) is 1. The van der Waals surface area contributed by atoms with Gasteiger partial charge in [-0.1, -0.05) is 18.2 Å². The summed E-state index contributed by atoms with van der Waals surface area (Å²) < 4.78 is 10.0. The molecule has 1 aliphatic rings. The SMILES string of the molecule is C=CCN1C(=O)/C(=C\c2ccc(OCC(N)=O)cc2)C(C(=O)OC)=C1C. The minimum atomic E-state index is -0.574. The molecule has 26 heavy (non-hydrogen) atoms. The van der Waals surface area contributed by atoms with Gasteiger partial charge in [0.25, 0.3) is 11.8 Å². The van der Waals surface area contributed by atoms with Crippen molar-refractivity contribution in [3.8, 4) is 5.75 Å². The highest BCUT2D eigenvalue weighted by molar-refractivity contribution is 6.16. The van der Waals surface area contributed by atoms with Crippen LogP contribution in [0.3, 0.4) is 0 Å². The Morgan fingerprint density at radius 1 is 1.27 bits per heavy atom. The number of methoxy groups -OCH3 is 1. The van der Waals surface area contributed by atoms with Crippen molar-refractivity contribution in [2.75, 3.05) is 20.3 Å². The molecule has 1 aromatic carbocycles. The molecule has 0 unspecified atom stereocenters. The second-order valence-corrected chi connectivity index (χ2v) is 5.54. The number of hydrogen-bond donors (Lipinski definition) is 1. The average molecular weight is 356 g/mol. The molecule has 1 aliphatic heterocycles. The predicted octanol–water partition coefficient (Wildman–Crippen LogP) is 1.41. The van der Waals surface area contributed by atoms with E-state index in [1.54, 1.807) is 43.3 Å². The monoisotopic (exact) mass is 356 g/mol. The second-order valence-electron chi connectivity index (χ2n) is 5.54. The topological polar surface area (TPSA) is 98.9 Å². The van der Waals surface area contributed by atoms with Crippen LogP contribution in [0, 0.1) is 0 Å². The van der Waals surface area contributed by atoms with E-state index in [-0.39, 0.29) is 23.7 Å². The Kier molecular flexibility index (Phi) is 5.95. The lowest BCUT2D eigenvalue weighted by atomic mass is 10.0. The van der Waals surface area contributed by atoms with Gasteiger partial charge in [0.1, 0.15) is 5.75 Å². The fourth-order valence-electron chi connectivity index (χ4n) is 2.56. The van der Waals surface area contributed by atoms with E-state index in [2.05, 4.69) is 6.58 Å². The molecule has 0 atom stereocenters. The molecule has 2 rings (SSSR count). The van der Waals surface area contributed by atoms with Gasteiger partial charge in [0.05, 0.1) is 18.3 Å². The van der Waals surface area contributed by atoms with Gasteiger partial charge >= 0.3 is 5.97 Å². The fourth-order valence-corrected chi connectivity index (χ4v) is 2.56. The van der Waals surface area contributed by atoms with E-state index in [4.69, 9.17) is 15.2 Å². The van der Waals surface area contributed by atoms with Crippen LogP contribution in [0.5, 0.6) is 5.75 Å². The Balaban J connectivity index is 2.35. The number of rotatable bonds is 7. The van der Waals surface area contributed by atoms with E-state index in [0.29, 0.717) is 23.6 Å². The van der Waals surface area contributed by atoms with Crippen molar-refractivity contribution < 1.29 is 23.9 Å². The van der Waals surface area contributed by atoms with Crippen molar-refractivity contribution in [1.82, 2.24) is 4.90 Å². The van der Waals surface area contributed by atoms with Crippen LogP contribution >= 0.6 is 0 Å². The van der Waals surface area contributed by atoms with Crippen LogP contribution in [0.15, 0.2) is 53.8 Å². The summed E-state index contributed by atoms with van der Waals surface area (Å²) in [4.78, 5) is 37.0. The first kappa shape index (κ1) is 19.0. The van der Waals surface area contributed by atoms with Crippen LogP contribution < -0.4 is 10.5 Å². The molecule has 2 N–H and O–H groups in total. The molecular weight excluding hydrogens is 336 g/mol. The zero-order valence-corrected chi connectivity index (χ0v) is 14.7. The molecule has 7 heteroatoms. The van der Waals surface area contributed by atoms with Gasteiger partial charge in [-0.05, 0) is 30.7 Å².